The minimum Gasteiger partial charge on any atom is -0.494 e. The minimum atomic E-state index is -0.516. The molecule has 0 radical (unpaired) electrons. The molecule has 0 aliphatic rings. The molecule has 1 aromatic carbocycles. The van der Waals surface area contributed by atoms with Crippen LogP contribution in [0.4, 0.5) is 5.00 Å². The summed E-state index contributed by atoms with van der Waals surface area (Å²) in [6.45, 7) is 6.72. The smallest absolute Gasteiger partial charge is 0.256 e. The number of carbonyl (C=O) groups is 2. The molecule has 0 spiro atoms. The first-order valence-corrected chi connectivity index (χ1v) is 9.75. The van der Waals surface area contributed by atoms with Gasteiger partial charge in [-0.1, -0.05) is 26.7 Å². The number of aryl methyl sites for hydroxylation is 1. The average molecular weight is 375 g/mol. The number of rotatable bonds is 9. The Bertz CT molecular complexity index is 766. The quantitative estimate of drug-likeness (QED) is 0.632. The van der Waals surface area contributed by atoms with E-state index in [2.05, 4.69) is 12.2 Å². The SMILES string of the molecule is CCCCCOc1ccc(C(=O)Nc2sc(C)c(CC)c2C(N)=O)cc1. The molecular weight excluding hydrogens is 348 g/mol. The Labute approximate surface area is 158 Å². The van der Waals surface area contributed by atoms with Crippen LogP contribution in [0.1, 0.15) is 64.3 Å². The summed E-state index contributed by atoms with van der Waals surface area (Å²) >= 11 is 1.38. The summed E-state index contributed by atoms with van der Waals surface area (Å²) in [4.78, 5) is 25.3. The molecule has 26 heavy (non-hydrogen) atoms. The molecule has 0 saturated heterocycles. The predicted octanol–water partition coefficient (Wildman–Crippen LogP) is 4.54. The van der Waals surface area contributed by atoms with E-state index < -0.39 is 5.91 Å². The van der Waals surface area contributed by atoms with Crippen molar-refractivity contribution < 1.29 is 14.3 Å². The summed E-state index contributed by atoms with van der Waals surface area (Å²) in [6, 6.07) is 7.01. The van der Waals surface area contributed by atoms with Gasteiger partial charge in [0.15, 0.2) is 0 Å². The van der Waals surface area contributed by atoms with E-state index in [1.54, 1.807) is 24.3 Å². The molecule has 0 saturated carbocycles. The zero-order chi connectivity index (χ0) is 19.1. The highest BCUT2D eigenvalue weighted by molar-refractivity contribution is 7.16. The molecule has 0 aliphatic heterocycles. The highest BCUT2D eigenvalue weighted by Crippen LogP contribution is 2.33. The Morgan fingerprint density at radius 1 is 1.15 bits per heavy atom. The molecule has 0 aliphatic carbocycles. The first kappa shape index (κ1) is 20.0. The number of nitrogens with one attached hydrogen (secondary N) is 1. The second kappa shape index (κ2) is 9.38. The van der Waals surface area contributed by atoms with Crippen LogP contribution in [0.2, 0.25) is 0 Å². The second-order valence-electron chi connectivity index (χ2n) is 6.09. The zero-order valence-corrected chi connectivity index (χ0v) is 16.4. The molecule has 2 rings (SSSR count). The molecule has 5 nitrogen and oxygen atoms in total. The van der Waals surface area contributed by atoms with E-state index in [1.807, 2.05) is 13.8 Å². The summed E-state index contributed by atoms with van der Waals surface area (Å²) in [5.41, 5.74) is 7.32. The van der Waals surface area contributed by atoms with Crippen LogP contribution in [0.5, 0.6) is 5.75 Å². The van der Waals surface area contributed by atoms with Crippen molar-refractivity contribution in [1.82, 2.24) is 0 Å². The topological polar surface area (TPSA) is 81.4 Å². The van der Waals surface area contributed by atoms with Crippen molar-refractivity contribution in [3.05, 3.63) is 45.8 Å². The predicted molar refractivity (Wildman–Crippen MR) is 106 cm³/mol. The second-order valence-corrected chi connectivity index (χ2v) is 7.32. The van der Waals surface area contributed by atoms with Gasteiger partial charge in [-0.15, -0.1) is 11.3 Å². The number of benzene rings is 1. The standard InChI is InChI=1S/C20H26N2O3S/c1-4-6-7-12-25-15-10-8-14(9-11-15)19(24)22-20-17(18(21)23)16(5-2)13(3)26-20/h8-11H,4-7,12H2,1-3H3,(H2,21,23)(H,22,24). The van der Waals surface area contributed by atoms with E-state index in [0.717, 1.165) is 35.5 Å². The normalized spacial score (nSPS) is 10.6. The van der Waals surface area contributed by atoms with E-state index in [0.29, 0.717) is 29.2 Å². The van der Waals surface area contributed by atoms with E-state index in [1.165, 1.54) is 11.3 Å². The van der Waals surface area contributed by atoms with Crippen LogP contribution < -0.4 is 15.8 Å². The maximum atomic E-state index is 12.5. The zero-order valence-electron chi connectivity index (χ0n) is 15.6. The van der Waals surface area contributed by atoms with Gasteiger partial charge in [-0.3, -0.25) is 9.59 Å². The molecular formula is C20H26N2O3S. The fourth-order valence-electron chi connectivity index (χ4n) is 2.77. The third kappa shape index (κ3) is 4.85. The van der Waals surface area contributed by atoms with E-state index in [4.69, 9.17) is 10.5 Å². The summed E-state index contributed by atoms with van der Waals surface area (Å²) in [5, 5.41) is 3.33. The third-order valence-corrected chi connectivity index (χ3v) is 5.23. The first-order valence-electron chi connectivity index (χ1n) is 8.94. The van der Waals surface area contributed by atoms with Gasteiger partial charge in [0.1, 0.15) is 10.8 Å². The first-order chi connectivity index (χ1) is 12.5. The summed E-state index contributed by atoms with van der Waals surface area (Å²) in [6.07, 6.45) is 4.01. The van der Waals surface area contributed by atoms with Crippen molar-refractivity contribution in [1.29, 1.82) is 0 Å². The van der Waals surface area contributed by atoms with Gasteiger partial charge >= 0.3 is 0 Å². The van der Waals surface area contributed by atoms with Gasteiger partial charge in [-0.25, -0.2) is 0 Å². The maximum Gasteiger partial charge on any atom is 0.256 e. The molecule has 1 heterocycles. The van der Waals surface area contributed by atoms with Crippen LogP contribution in [0.3, 0.4) is 0 Å². The molecule has 2 amide bonds. The summed E-state index contributed by atoms with van der Waals surface area (Å²) in [7, 11) is 0. The fraction of sp³-hybridized carbons (Fsp3) is 0.400. The van der Waals surface area contributed by atoms with Crippen molar-refractivity contribution in [2.45, 2.75) is 46.5 Å². The molecule has 0 bridgehead atoms. The monoisotopic (exact) mass is 374 g/mol. The Hall–Kier alpha value is -2.34. The van der Waals surface area contributed by atoms with Crippen LogP contribution >= 0.6 is 11.3 Å². The Balaban J connectivity index is 2.07. The molecule has 1 aromatic heterocycles. The van der Waals surface area contributed by atoms with Crippen molar-refractivity contribution in [3.8, 4) is 5.75 Å². The number of hydrogen-bond acceptors (Lipinski definition) is 4. The van der Waals surface area contributed by atoms with Gasteiger partial charge in [-0.2, -0.15) is 0 Å². The number of unbranched alkanes of at least 4 members (excludes halogenated alkanes) is 2. The van der Waals surface area contributed by atoms with Crippen molar-refractivity contribution in [3.63, 3.8) is 0 Å². The third-order valence-electron chi connectivity index (χ3n) is 4.17. The lowest BCUT2D eigenvalue weighted by atomic mass is 10.1. The Morgan fingerprint density at radius 3 is 2.42 bits per heavy atom. The number of ether oxygens (including phenoxy) is 1. The highest BCUT2D eigenvalue weighted by atomic mass is 32.1. The molecule has 3 N–H and O–H groups in total. The van der Waals surface area contributed by atoms with Gasteiger partial charge in [0.25, 0.3) is 11.8 Å². The number of nitrogens with two attached hydrogens (primary N) is 1. The number of carbonyl (C=O) groups excluding carboxylic acids is 2. The van der Waals surface area contributed by atoms with Crippen LogP contribution in [0.15, 0.2) is 24.3 Å². The molecule has 0 atom stereocenters. The van der Waals surface area contributed by atoms with Gasteiger partial charge in [0.05, 0.1) is 12.2 Å². The lowest BCUT2D eigenvalue weighted by Crippen LogP contribution is -2.17. The van der Waals surface area contributed by atoms with Crippen LogP contribution in [-0.2, 0) is 6.42 Å². The summed E-state index contributed by atoms with van der Waals surface area (Å²) < 4.78 is 5.65. The maximum absolute atomic E-state index is 12.5. The van der Waals surface area contributed by atoms with Gasteiger partial charge < -0.3 is 15.8 Å². The number of primary amides is 1. The van der Waals surface area contributed by atoms with Crippen molar-refractivity contribution in [2.24, 2.45) is 5.73 Å². The van der Waals surface area contributed by atoms with E-state index in [-0.39, 0.29) is 5.91 Å². The fourth-order valence-corrected chi connectivity index (χ4v) is 3.92. The van der Waals surface area contributed by atoms with Crippen molar-refractivity contribution in [2.75, 3.05) is 11.9 Å². The number of hydrogen-bond donors (Lipinski definition) is 2. The van der Waals surface area contributed by atoms with E-state index in [9.17, 15) is 9.59 Å². The van der Waals surface area contributed by atoms with E-state index >= 15 is 0 Å². The lowest BCUT2D eigenvalue weighted by molar-refractivity contribution is 0.100. The Morgan fingerprint density at radius 2 is 1.85 bits per heavy atom. The minimum absolute atomic E-state index is 0.270. The van der Waals surface area contributed by atoms with Crippen LogP contribution in [-0.4, -0.2) is 18.4 Å². The lowest BCUT2D eigenvalue weighted by Gasteiger charge is -2.08. The van der Waals surface area contributed by atoms with Crippen LogP contribution in [0, 0.1) is 6.92 Å². The van der Waals surface area contributed by atoms with Gasteiger partial charge in [0, 0.05) is 10.4 Å². The molecule has 0 fully saturated rings. The highest BCUT2D eigenvalue weighted by Gasteiger charge is 2.20. The van der Waals surface area contributed by atoms with Gasteiger partial charge in [0.2, 0.25) is 0 Å². The molecule has 2 aromatic rings. The van der Waals surface area contributed by atoms with Gasteiger partial charge in [-0.05, 0) is 49.6 Å². The number of amides is 2. The van der Waals surface area contributed by atoms with Crippen LogP contribution in [0.25, 0.3) is 0 Å². The molecule has 6 heteroatoms. The Kier molecular flexibility index (Phi) is 7.21. The summed E-state index contributed by atoms with van der Waals surface area (Å²) in [5.74, 6) is -0.0398. The average Bonchev–Trinajstić information content (AvgIpc) is 2.94. The van der Waals surface area contributed by atoms with Crippen molar-refractivity contribution >= 4 is 28.2 Å². The molecule has 0 unspecified atom stereocenters. The largest absolute Gasteiger partial charge is 0.494 e. The molecule has 140 valence electrons. The number of thiophene rings is 1. The number of anilines is 1.